The first-order chi connectivity index (χ1) is 7.24. The third kappa shape index (κ3) is 1.89. The zero-order valence-corrected chi connectivity index (χ0v) is 10.6. The Labute approximate surface area is 109 Å². The van der Waals surface area contributed by atoms with Crippen LogP contribution in [-0.4, -0.2) is 16.5 Å². The second kappa shape index (κ2) is 4.41. The lowest BCUT2D eigenvalue weighted by atomic mass is 10.1. The van der Waals surface area contributed by atoms with Crippen LogP contribution >= 0.6 is 35.6 Å². The van der Waals surface area contributed by atoms with Gasteiger partial charge >= 0.3 is 0 Å². The average Bonchev–Trinajstić information content (AvgIpc) is 2.45. The van der Waals surface area contributed by atoms with Gasteiger partial charge in [0.05, 0.1) is 27.1 Å². The number of aromatic amines is 1. The average molecular weight is 279 g/mol. The fraction of sp³-hybridized carbons (Fsp3) is 0.300. The van der Waals surface area contributed by atoms with E-state index in [0.717, 1.165) is 29.8 Å². The predicted octanol–water partition coefficient (Wildman–Crippen LogP) is 3.33. The van der Waals surface area contributed by atoms with Crippen LogP contribution in [0.3, 0.4) is 0 Å². The molecule has 3 rings (SSSR count). The summed E-state index contributed by atoms with van der Waals surface area (Å²) in [4.78, 5) is 7.72. The standard InChI is InChI=1S/C10H9Cl2N3.ClH/c11-5-3-8-9(4-6(5)12)15-10(14-8)7-1-2-13-7;/h3-4,7,13H,1-2H2,(H,14,15);1H/t7-;/m0./s1. The summed E-state index contributed by atoms with van der Waals surface area (Å²) in [6.45, 7) is 1.06. The van der Waals surface area contributed by atoms with Crippen LogP contribution in [0.25, 0.3) is 11.0 Å². The molecule has 1 fully saturated rings. The van der Waals surface area contributed by atoms with Gasteiger partial charge in [0, 0.05) is 0 Å². The van der Waals surface area contributed by atoms with Gasteiger partial charge < -0.3 is 10.3 Å². The first kappa shape index (κ1) is 12.0. The van der Waals surface area contributed by atoms with Gasteiger partial charge in [-0.3, -0.25) is 0 Å². The Morgan fingerprint density at radius 1 is 1.25 bits per heavy atom. The summed E-state index contributed by atoms with van der Waals surface area (Å²) in [5.41, 5.74) is 1.81. The van der Waals surface area contributed by atoms with E-state index in [1.807, 2.05) is 6.07 Å². The molecule has 2 aromatic rings. The lowest BCUT2D eigenvalue weighted by molar-refractivity contribution is 0.369. The van der Waals surface area contributed by atoms with Crippen molar-refractivity contribution in [1.82, 2.24) is 15.3 Å². The molecule has 1 aliphatic rings. The van der Waals surface area contributed by atoms with Crippen molar-refractivity contribution in [2.24, 2.45) is 0 Å². The molecule has 2 N–H and O–H groups in total. The zero-order valence-electron chi connectivity index (χ0n) is 8.26. The highest BCUT2D eigenvalue weighted by Crippen LogP contribution is 2.29. The number of hydrogen-bond acceptors (Lipinski definition) is 2. The smallest absolute Gasteiger partial charge is 0.124 e. The van der Waals surface area contributed by atoms with E-state index in [-0.39, 0.29) is 12.4 Å². The van der Waals surface area contributed by atoms with Crippen LogP contribution in [0.15, 0.2) is 12.1 Å². The van der Waals surface area contributed by atoms with E-state index in [9.17, 15) is 0 Å². The first-order valence-electron chi connectivity index (χ1n) is 4.82. The Bertz CT molecular complexity index is 480. The maximum atomic E-state index is 5.93. The van der Waals surface area contributed by atoms with E-state index in [2.05, 4.69) is 15.3 Å². The number of H-pyrrole nitrogens is 1. The Morgan fingerprint density at radius 3 is 2.56 bits per heavy atom. The van der Waals surface area contributed by atoms with E-state index in [4.69, 9.17) is 23.2 Å². The third-order valence-electron chi connectivity index (χ3n) is 2.70. The van der Waals surface area contributed by atoms with Crippen molar-refractivity contribution in [2.45, 2.75) is 12.5 Å². The number of rotatable bonds is 1. The summed E-state index contributed by atoms with van der Waals surface area (Å²) in [5.74, 6) is 0.967. The highest BCUT2D eigenvalue weighted by molar-refractivity contribution is 6.42. The van der Waals surface area contributed by atoms with Gasteiger partial charge in [0.2, 0.25) is 0 Å². The molecule has 1 aliphatic heterocycles. The van der Waals surface area contributed by atoms with E-state index in [0.29, 0.717) is 16.1 Å². The van der Waals surface area contributed by atoms with Gasteiger partial charge in [-0.05, 0) is 25.1 Å². The van der Waals surface area contributed by atoms with Crippen molar-refractivity contribution in [3.8, 4) is 0 Å². The lowest BCUT2D eigenvalue weighted by Crippen LogP contribution is -2.35. The fourth-order valence-electron chi connectivity index (χ4n) is 1.71. The number of benzene rings is 1. The number of halogens is 3. The highest BCUT2D eigenvalue weighted by atomic mass is 35.5. The van der Waals surface area contributed by atoms with Gasteiger partial charge in [-0.2, -0.15) is 0 Å². The molecule has 0 spiro atoms. The molecule has 0 aliphatic carbocycles. The SMILES string of the molecule is Cl.Clc1cc2nc([C@@H]3CCN3)[nH]c2cc1Cl. The zero-order chi connectivity index (χ0) is 10.4. The number of imidazole rings is 1. The van der Waals surface area contributed by atoms with Gasteiger partial charge in [0.1, 0.15) is 5.82 Å². The fourth-order valence-corrected chi connectivity index (χ4v) is 2.03. The maximum Gasteiger partial charge on any atom is 0.124 e. The summed E-state index contributed by atoms with van der Waals surface area (Å²) in [5, 5.41) is 4.39. The quantitative estimate of drug-likeness (QED) is 0.840. The number of nitrogens with zero attached hydrogens (tertiary/aromatic N) is 1. The van der Waals surface area contributed by atoms with Crippen molar-refractivity contribution in [3.05, 3.63) is 28.0 Å². The molecule has 0 amide bonds. The first-order valence-corrected chi connectivity index (χ1v) is 5.57. The number of hydrogen-bond donors (Lipinski definition) is 2. The van der Waals surface area contributed by atoms with Gasteiger partial charge in [-0.1, -0.05) is 23.2 Å². The minimum atomic E-state index is 0. The van der Waals surface area contributed by atoms with Crippen molar-refractivity contribution < 1.29 is 0 Å². The highest BCUT2D eigenvalue weighted by Gasteiger charge is 2.21. The van der Waals surface area contributed by atoms with Gasteiger partial charge in [0.25, 0.3) is 0 Å². The van der Waals surface area contributed by atoms with Crippen LogP contribution in [0.1, 0.15) is 18.3 Å². The Hall–Kier alpha value is -0.480. The van der Waals surface area contributed by atoms with E-state index >= 15 is 0 Å². The summed E-state index contributed by atoms with van der Waals surface area (Å²) < 4.78 is 0. The summed E-state index contributed by atoms with van der Waals surface area (Å²) >= 11 is 11.9. The van der Waals surface area contributed by atoms with Gasteiger partial charge in [-0.25, -0.2) is 4.98 Å². The molecule has 0 bridgehead atoms. The molecule has 6 heteroatoms. The Balaban J connectivity index is 0.000000963. The van der Waals surface area contributed by atoms with E-state index < -0.39 is 0 Å². The Morgan fingerprint density at radius 2 is 1.94 bits per heavy atom. The van der Waals surface area contributed by atoms with E-state index in [1.165, 1.54) is 0 Å². The number of fused-ring (bicyclic) bond motifs is 1. The van der Waals surface area contributed by atoms with Gasteiger partial charge in [-0.15, -0.1) is 12.4 Å². The van der Waals surface area contributed by atoms with E-state index in [1.54, 1.807) is 6.07 Å². The van der Waals surface area contributed by atoms with Crippen molar-refractivity contribution >= 4 is 46.6 Å². The second-order valence-corrected chi connectivity index (χ2v) is 4.52. The molecule has 16 heavy (non-hydrogen) atoms. The largest absolute Gasteiger partial charge is 0.341 e. The van der Waals surface area contributed by atoms with Crippen molar-refractivity contribution in [2.75, 3.05) is 6.54 Å². The molecule has 1 atom stereocenters. The van der Waals surface area contributed by atoms with Crippen LogP contribution in [-0.2, 0) is 0 Å². The summed E-state index contributed by atoms with van der Waals surface area (Å²) in [7, 11) is 0. The molecule has 2 heterocycles. The molecule has 1 aromatic heterocycles. The summed E-state index contributed by atoms with van der Waals surface area (Å²) in [6.07, 6.45) is 1.13. The van der Waals surface area contributed by atoms with Crippen LogP contribution < -0.4 is 5.32 Å². The number of nitrogens with one attached hydrogen (secondary N) is 2. The maximum absolute atomic E-state index is 5.93. The van der Waals surface area contributed by atoms with Crippen LogP contribution in [0.5, 0.6) is 0 Å². The molecule has 86 valence electrons. The minimum absolute atomic E-state index is 0. The predicted molar refractivity (Wildman–Crippen MR) is 68.7 cm³/mol. The molecule has 1 saturated heterocycles. The molecule has 3 nitrogen and oxygen atoms in total. The monoisotopic (exact) mass is 277 g/mol. The second-order valence-electron chi connectivity index (χ2n) is 3.70. The van der Waals surface area contributed by atoms with Crippen LogP contribution in [0.2, 0.25) is 10.0 Å². The molecule has 1 aromatic carbocycles. The normalized spacial score (nSPS) is 19.2. The topological polar surface area (TPSA) is 40.7 Å². The minimum Gasteiger partial charge on any atom is -0.341 e. The molecule has 0 saturated carbocycles. The van der Waals surface area contributed by atoms with Crippen LogP contribution in [0, 0.1) is 0 Å². The van der Waals surface area contributed by atoms with Gasteiger partial charge in [0.15, 0.2) is 0 Å². The lowest BCUT2D eigenvalue weighted by Gasteiger charge is -2.25. The molecular formula is C10H10Cl3N3. The number of aromatic nitrogens is 2. The van der Waals surface area contributed by atoms with Crippen molar-refractivity contribution in [3.63, 3.8) is 0 Å². The van der Waals surface area contributed by atoms with Crippen molar-refractivity contribution in [1.29, 1.82) is 0 Å². The third-order valence-corrected chi connectivity index (χ3v) is 3.42. The Kier molecular flexibility index (Phi) is 3.31. The molecule has 0 radical (unpaired) electrons. The summed E-state index contributed by atoms with van der Waals surface area (Å²) in [6, 6.07) is 3.96. The molecular weight excluding hydrogens is 268 g/mol. The molecule has 0 unspecified atom stereocenters. The van der Waals surface area contributed by atoms with Crippen LogP contribution in [0.4, 0.5) is 0 Å².